The van der Waals surface area contributed by atoms with Crippen LogP contribution in [0.3, 0.4) is 0 Å². The fourth-order valence-electron chi connectivity index (χ4n) is 1.67. The van der Waals surface area contributed by atoms with E-state index in [1.165, 1.54) is 0 Å². The Morgan fingerprint density at radius 3 is 2.33 bits per heavy atom. The molecule has 0 bridgehead atoms. The molecule has 2 aromatic rings. The highest BCUT2D eigenvalue weighted by atomic mass is 79.9. The van der Waals surface area contributed by atoms with Gasteiger partial charge in [0.05, 0.1) is 5.02 Å². The highest BCUT2D eigenvalue weighted by Gasteiger charge is 2.33. The number of aliphatic hydroxyl groups is 1. The van der Waals surface area contributed by atoms with E-state index in [1.807, 2.05) is 0 Å². The Hall–Kier alpha value is -0.820. The smallest absolute Gasteiger partial charge is 0.384 e. The molecule has 8 heteroatoms. The number of alkyl halides is 3. The number of hydrogen-bond acceptors (Lipinski definition) is 2. The maximum atomic E-state index is 12.5. The van der Waals surface area contributed by atoms with Gasteiger partial charge >= 0.3 is 6.18 Å². The van der Waals surface area contributed by atoms with E-state index >= 15 is 0 Å². The van der Waals surface area contributed by atoms with Gasteiger partial charge < -0.3 is 5.11 Å². The second-order valence-corrected chi connectivity index (χ2v) is 5.77. The Kier molecular flexibility index (Phi) is 4.82. The van der Waals surface area contributed by atoms with Crippen LogP contribution in [0.2, 0.25) is 10.2 Å². The first-order valence-electron chi connectivity index (χ1n) is 5.57. The summed E-state index contributed by atoms with van der Waals surface area (Å²) in [4.78, 5) is 3.27. The molecule has 112 valence electrons. The largest absolute Gasteiger partial charge is 0.433 e. The zero-order chi connectivity index (χ0) is 15.8. The number of aliphatic hydroxyl groups excluding tert-OH is 1. The number of hydrogen-bond donors (Lipinski definition) is 1. The summed E-state index contributed by atoms with van der Waals surface area (Å²) in [6.07, 6.45) is -5.79. The summed E-state index contributed by atoms with van der Waals surface area (Å²) in [5.74, 6) is 0. The minimum atomic E-state index is -4.59. The monoisotopic (exact) mass is 399 g/mol. The highest BCUT2D eigenvalue weighted by Crippen LogP contribution is 2.34. The maximum Gasteiger partial charge on any atom is 0.433 e. The first kappa shape index (κ1) is 16.5. The van der Waals surface area contributed by atoms with Gasteiger partial charge in [0.15, 0.2) is 0 Å². The van der Waals surface area contributed by atoms with Crippen molar-refractivity contribution in [3.05, 3.63) is 61.8 Å². The fourth-order valence-corrected chi connectivity index (χ4v) is 2.44. The molecule has 0 radical (unpaired) electrons. The molecule has 21 heavy (non-hydrogen) atoms. The van der Waals surface area contributed by atoms with Gasteiger partial charge in [-0.15, -0.1) is 0 Å². The summed E-state index contributed by atoms with van der Waals surface area (Å²) >= 11 is 14.8. The first-order chi connectivity index (χ1) is 9.70. The second-order valence-electron chi connectivity index (χ2n) is 4.15. The van der Waals surface area contributed by atoms with Gasteiger partial charge in [-0.2, -0.15) is 13.2 Å². The third-order valence-electron chi connectivity index (χ3n) is 2.72. The molecule has 0 spiro atoms. The molecular weight excluding hydrogens is 394 g/mol. The number of rotatable bonds is 2. The predicted octanol–water partition coefficient (Wildman–Crippen LogP) is 5.25. The summed E-state index contributed by atoms with van der Waals surface area (Å²) in [5.41, 5.74) is -0.602. The maximum absolute atomic E-state index is 12.5. The van der Waals surface area contributed by atoms with Gasteiger partial charge in [0, 0.05) is 10.0 Å². The summed E-state index contributed by atoms with van der Waals surface area (Å²) in [7, 11) is 0. The van der Waals surface area contributed by atoms with Crippen LogP contribution >= 0.6 is 39.1 Å². The van der Waals surface area contributed by atoms with E-state index in [-0.39, 0.29) is 5.56 Å². The normalized spacial score (nSPS) is 13.3. The standard InChI is InChI=1S/C13H7BrCl2F3NO/c14-8-5-6(1-3-9(8)15)11(21)7-2-4-10(13(17,18)19)20-12(7)16/h1-5,11,21H. The Labute approximate surface area is 136 Å². The van der Waals surface area contributed by atoms with Crippen molar-refractivity contribution in [2.75, 3.05) is 0 Å². The minimum Gasteiger partial charge on any atom is -0.384 e. The molecule has 0 aliphatic heterocycles. The Morgan fingerprint density at radius 2 is 1.81 bits per heavy atom. The van der Waals surface area contributed by atoms with Gasteiger partial charge in [-0.1, -0.05) is 35.3 Å². The molecule has 0 aliphatic rings. The molecule has 1 atom stereocenters. The van der Waals surface area contributed by atoms with Crippen LogP contribution < -0.4 is 0 Å². The summed E-state index contributed by atoms with van der Waals surface area (Å²) in [6, 6.07) is 6.53. The van der Waals surface area contributed by atoms with Crippen molar-refractivity contribution < 1.29 is 18.3 Å². The number of pyridine rings is 1. The van der Waals surface area contributed by atoms with Crippen molar-refractivity contribution in [3.8, 4) is 0 Å². The van der Waals surface area contributed by atoms with Crippen LogP contribution in [0.25, 0.3) is 0 Å². The summed E-state index contributed by atoms with van der Waals surface area (Å²) in [5, 5.41) is 10.3. The van der Waals surface area contributed by atoms with Crippen molar-refractivity contribution in [1.82, 2.24) is 4.98 Å². The molecular formula is C13H7BrCl2F3NO. The number of nitrogens with zero attached hydrogens (tertiary/aromatic N) is 1. The second kappa shape index (κ2) is 6.12. The zero-order valence-corrected chi connectivity index (χ0v) is 13.2. The SMILES string of the molecule is OC(c1ccc(Cl)c(Br)c1)c1ccc(C(F)(F)F)nc1Cl. The van der Waals surface area contributed by atoms with E-state index in [2.05, 4.69) is 20.9 Å². The van der Waals surface area contributed by atoms with Gasteiger partial charge in [-0.25, -0.2) is 4.98 Å². The molecule has 1 aromatic heterocycles. The van der Waals surface area contributed by atoms with E-state index in [0.717, 1.165) is 12.1 Å². The van der Waals surface area contributed by atoms with E-state index in [4.69, 9.17) is 23.2 Å². The Morgan fingerprint density at radius 1 is 1.14 bits per heavy atom. The topological polar surface area (TPSA) is 33.1 Å². The molecule has 1 unspecified atom stereocenters. The molecule has 1 aromatic carbocycles. The van der Waals surface area contributed by atoms with Crippen LogP contribution in [0.4, 0.5) is 13.2 Å². The van der Waals surface area contributed by atoms with Crippen molar-refractivity contribution >= 4 is 39.1 Å². The molecule has 0 amide bonds. The first-order valence-corrected chi connectivity index (χ1v) is 7.11. The third-order valence-corrected chi connectivity index (χ3v) is 4.24. The number of benzene rings is 1. The van der Waals surface area contributed by atoms with Crippen molar-refractivity contribution in [3.63, 3.8) is 0 Å². The van der Waals surface area contributed by atoms with Crippen LogP contribution in [0.15, 0.2) is 34.8 Å². The fraction of sp³-hybridized carbons (Fsp3) is 0.154. The van der Waals surface area contributed by atoms with Gasteiger partial charge in [0.25, 0.3) is 0 Å². The van der Waals surface area contributed by atoms with Gasteiger partial charge in [0.2, 0.25) is 0 Å². The van der Waals surface area contributed by atoms with Gasteiger partial charge in [0.1, 0.15) is 17.0 Å². The number of halogens is 6. The van der Waals surface area contributed by atoms with E-state index in [1.54, 1.807) is 18.2 Å². The minimum absolute atomic E-state index is 0.0823. The highest BCUT2D eigenvalue weighted by molar-refractivity contribution is 9.10. The van der Waals surface area contributed by atoms with Crippen molar-refractivity contribution in [2.45, 2.75) is 12.3 Å². The Bertz CT molecular complexity index is 679. The lowest BCUT2D eigenvalue weighted by Gasteiger charge is -2.15. The van der Waals surface area contributed by atoms with E-state index in [0.29, 0.717) is 15.1 Å². The summed E-state index contributed by atoms with van der Waals surface area (Å²) in [6.45, 7) is 0. The van der Waals surface area contributed by atoms with Crippen LogP contribution in [0, 0.1) is 0 Å². The summed E-state index contributed by atoms with van der Waals surface area (Å²) < 4.78 is 38.1. The lowest BCUT2D eigenvalue weighted by molar-refractivity contribution is -0.141. The molecule has 0 saturated heterocycles. The van der Waals surface area contributed by atoms with Crippen LogP contribution in [0.1, 0.15) is 22.9 Å². The lowest BCUT2D eigenvalue weighted by atomic mass is 10.0. The van der Waals surface area contributed by atoms with Gasteiger partial charge in [-0.3, -0.25) is 0 Å². The molecule has 2 rings (SSSR count). The van der Waals surface area contributed by atoms with E-state index < -0.39 is 23.1 Å². The molecule has 0 saturated carbocycles. The molecule has 2 nitrogen and oxygen atoms in total. The molecule has 1 heterocycles. The average molecular weight is 401 g/mol. The van der Waals surface area contributed by atoms with Crippen LogP contribution in [0.5, 0.6) is 0 Å². The Balaban J connectivity index is 2.39. The van der Waals surface area contributed by atoms with Crippen LogP contribution in [-0.2, 0) is 6.18 Å². The van der Waals surface area contributed by atoms with Crippen molar-refractivity contribution in [2.24, 2.45) is 0 Å². The number of aromatic nitrogens is 1. The average Bonchev–Trinajstić information content (AvgIpc) is 2.40. The lowest BCUT2D eigenvalue weighted by Crippen LogP contribution is -2.10. The molecule has 0 aliphatic carbocycles. The predicted molar refractivity (Wildman–Crippen MR) is 77.5 cm³/mol. The quantitative estimate of drug-likeness (QED) is 0.698. The third kappa shape index (κ3) is 3.69. The molecule has 0 fully saturated rings. The van der Waals surface area contributed by atoms with Crippen molar-refractivity contribution in [1.29, 1.82) is 0 Å². The molecule has 1 N–H and O–H groups in total. The van der Waals surface area contributed by atoms with Crippen LogP contribution in [-0.4, -0.2) is 10.1 Å². The van der Waals surface area contributed by atoms with E-state index in [9.17, 15) is 18.3 Å². The zero-order valence-electron chi connectivity index (χ0n) is 10.1. The van der Waals surface area contributed by atoms with Gasteiger partial charge in [-0.05, 0) is 39.7 Å².